The highest BCUT2D eigenvalue weighted by Crippen LogP contribution is 2.35. The Bertz CT molecular complexity index is 1420. The van der Waals surface area contributed by atoms with Gasteiger partial charge in [-0.25, -0.2) is 9.97 Å². The standard InChI is InChI=1S/C17H16O2.C15H25N5.C2H6/c1-12(14-6-4-3-5-7-14)8-15-10-17-16(9-13(15)2)18-11-19-17;1-11-19-13-12(6-7-18-14(13)16-5)20(11)9-8-17-10-15(2,3)4;1-2/h3-7,9-10H,1,8,11H2,2H3;6-7,17H,8-10H2,1-5H3,(H,16,18);1-2H3. The Morgan fingerprint density at radius 1 is 1.02 bits per heavy atom. The van der Waals surface area contributed by atoms with Gasteiger partial charge in [0.25, 0.3) is 0 Å². The van der Waals surface area contributed by atoms with Crippen LogP contribution in [0.1, 0.15) is 57.1 Å². The summed E-state index contributed by atoms with van der Waals surface area (Å²) < 4.78 is 13.1. The molecule has 2 aromatic carbocycles. The second-order valence-corrected chi connectivity index (χ2v) is 11.1. The normalized spacial score (nSPS) is 11.8. The van der Waals surface area contributed by atoms with E-state index in [1.807, 2.05) is 64.3 Å². The molecule has 7 heteroatoms. The molecule has 41 heavy (non-hydrogen) atoms. The average Bonchev–Trinajstić information content (AvgIpc) is 3.55. The minimum absolute atomic E-state index is 0.315. The topological polar surface area (TPSA) is 73.2 Å². The minimum Gasteiger partial charge on any atom is -0.454 e. The molecule has 3 heterocycles. The molecule has 0 amide bonds. The Kier molecular flexibility index (Phi) is 11.4. The predicted molar refractivity (Wildman–Crippen MR) is 172 cm³/mol. The van der Waals surface area contributed by atoms with Crippen LogP contribution in [0.5, 0.6) is 11.5 Å². The van der Waals surface area contributed by atoms with Gasteiger partial charge in [0, 0.05) is 32.9 Å². The lowest BCUT2D eigenvalue weighted by molar-refractivity contribution is 0.174. The molecular formula is C34H47N5O2. The molecule has 1 aliphatic heterocycles. The molecule has 4 aromatic rings. The number of imidazole rings is 1. The first-order chi connectivity index (χ1) is 19.7. The molecule has 0 unspecified atom stereocenters. The Morgan fingerprint density at radius 2 is 1.71 bits per heavy atom. The zero-order chi connectivity index (χ0) is 30.0. The zero-order valence-corrected chi connectivity index (χ0v) is 26.1. The van der Waals surface area contributed by atoms with Crippen LogP contribution in [0, 0.1) is 19.3 Å². The van der Waals surface area contributed by atoms with Crippen LogP contribution in [0.25, 0.3) is 16.6 Å². The third-order valence-corrected chi connectivity index (χ3v) is 6.68. The maximum absolute atomic E-state index is 5.43. The molecule has 0 atom stereocenters. The fourth-order valence-electron chi connectivity index (χ4n) is 4.57. The number of nitrogens with zero attached hydrogens (tertiary/aromatic N) is 3. The van der Waals surface area contributed by atoms with Crippen molar-refractivity contribution in [2.24, 2.45) is 5.41 Å². The fraction of sp³-hybridized carbons (Fsp3) is 0.412. The largest absolute Gasteiger partial charge is 0.454 e. The Hall–Kier alpha value is -3.84. The maximum Gasteiger partial charge on any atom is 0.231 e. The molecule has 7 nitrogen and oxygen atoms in total. The number of benzene rings is 2. The van der Waals surface area contributed by atoms with Crippen LogP contribution >= 0.6 is 0 Å². The van der Waals surface area contributed by atoms with Crippen molar-refractivity contribution < 1.29 is 9.47 Å². The fourth-order valence-corrected chi connectivity index (χ4v) is 4.57. The van der Waals surface area contributed by atoms with Crippen LogP contribution in [0.4, 0.5) is 5.82 Å². The number of aryl methyl sites for hydroxylation is 2. The van der Waals surface area contributed by atoms with E-state index in [1.165, 1.54) is 16.7 Å². The molecule has 5 rings (SSSR count). The molecule has 220 valence electrons. The highest BCUT2D eigenvalue weighted by molar-refractivity contribution is 5.86. The molecular weight excluding hydrogens is 510 g/mol. The van der Waals surface area contributed by atoms with Crippen molar-refractivity contribution in [3.8, 4) is 11.5 Å². The number of fused-ring (bicyclic) bond motifs is 2. The van der Waals surface area contributed by atoms with E-state index in [1.54, 1.807) is 0 Å². The molecule has 2 aromatic heterocycles. The summed E-state index contributed by atoms with van der Waals surface area (Å²) in [6, 6.07) is 16.4. The summed E-state index contributed by atoms with van der Waals surface area (Å²) in [5, 5.41) is 6.60. The lowest BCUT2D eigenvalue weighted by Crippen LogP contribution is -2.29. The van der Waals surface area contributed by atoms with E-state index in [0.717, 1.165) is 65.8 Å². The van der Waals surface area contributed by atoms with Gasteiger partial charge < -0.3 is 24.7 Å². The summed E-state index contributed by atoms with van der Waals surface area (Å²) in [6.45, 7) is 22.2. The molecule has 0 bridgehead atoms. The Balaban J connectivity index is 0.000000213. The van der Waals surface area contributed by atoms with Crippen molar-refractivity contribution in [2.45, 2.75) is 61.4 Å². The van der Waals surface area contributed by atoms with Gasteiger partial charge in [0.1, 0.15) is 11.3 Å². The van der Waals surface area contributed by atoms with Crippen molar-refractivity contribution in [3.05, 3.63) is 83.8 Å². The SMILES string of the molecule is C=C(Cc1cc2c(cc1C)OCO2)c1ccccc1.CC.CNc1nccc2c1nc(C)n2CCNCC(C)(C)C. The molecule has 0 spiro atoms. The average molecular weight is 558 g/mol. The van der Waals surface area contributed by atoms with Gasteiger partial charge in [-0.2, -0.15) is 0 Å². The number of hydrogen-bond acceptors (Lipinski definition) is 6. The van der Waals surface area contributed by atoms with Crippen molar-refractivity contribution in [2.75, 3.05) is 32.2 Å². The third-order valence-electron chi connectivity index (χ3n) is 6.68. The summed E-state index contributed by atoms with van der Waals surface area (Å²) in [7, 11) is 1.88. The van der Waals surface area contributed by atoms with Crippen molar-refractivity contribution in [1.82, 2.24) is 19.9 Å². The molecule has 0 saturated carbocycles. The highest BCUT2D eigenvalue weighted by atomic mass is 16.7. The van der Waals surface area contributed by atoms with Gasteiger partial charge in [-0.1, -0.05) is 71.5 Å². The smallest absolute Gasteiger partial charge is 0.231 e. The first-order valence-corrected chi connectivity index (χ1v) is 14.5. The zero-order valence-electron chi connectivity index (χ0n) is 26.1. The monoisotopic (exact) mass is 557 g/mol. The molecule has 0 radical (unpaired) electrons. The van der Waals surface area contributed by atoms with Crippen molar-refractivity contribution in [3.63, 3.8) is 0 Å². The van der Waals surface area contributed by atoms with E-state index in [4.69, 9.17) is 9.47 Å². The first kappa shape index (κ1) is 31.7. The predicted octanol–water partition coefficient (Wildman–Crippen LogP) is 7.42. The lowest BCUT2D eigenvalue weighted by Gasteiger charge is -2.19. The molecule has 0 fully saturated rings. The Morgan fingerprint density at radius 3 is 2.37 bits per heavy atom. The third kappa shape index (κ3) is 8.57. The van der Waals surface area contributed by atoms with Crippen LogP contribution in [-0.2, 0) is 13.0 Å². The molecule has 0 saturated heterocycles. The Labute approximate surface area is 246 Å². The number of ether oxygens (including phenoxy) is 2. The summed E-state index contributed by atoms with van der Waals surface area (Å²) in [5.74, 6) is 3.54. The van der Waals surface area contributed by atoms with Crippen molar-refractivity contribution >= 4 is 22.4 Å². The number of rotatable bonds is 8. The quantitative estimate of drug-likeness (QED) is 0.220. The summed E-state index contributed by atoms with van der Waals surface area (Å²) in [5.41, 5.74) is 7.14. The first-order valence-electron chi connectivity index (χ1n) is 14.5. The van der Waals surface area contributed by atoms with Crippen LogP contribution < -0.4 is 20.1 Å². The van der Waals surface area contributed by atoms with Crippen molar-refractivity contribution in [1.29, 1.82) is 0 Å². The summed E-state index contributed by atoms with van der Waals surface area (Å²) in [4.78, 5) is 8.93. The van der Waals surface area contributed by atoms with Crippen LogP contribution in [0.2, 0.25) is 0 Å². The number of allylic oxidation sites excluding steroid dienone is 1. The number of pyridine rings is 1. The number of anilines is 1. The number of nitrogens with one attached hydrogen (secondary N) is 2. The second kappa shape index (κ2) is 14.7. The number of aromatic nitrogens is 3. The summed E-state index contributed by atoms with van der Waals surface area (Å²) >= 11 is 0. The van der Waals surface area contributed by atoms with Crippen LogP contribution in [-0.4, -0.2) is 41.5 Å². The minimum atomic E-state index is 0.315. The second-order valence-electron chi connectivity index (χ2n) is 11.1. The van der Waals surface area contributed by atoms with Gasteiger partial charge >= 0.3 is 0 Å². The van der Waals surface area contributed by atoms with Crippen LogP contribution in [0.3, 0.4) is 0 Å². The molecule has 0 aliphatic carbocycles. The van der Waals surface area contributed by atoms with Gasteiger partial charge in [0.15, 0.2) is 17.3 Å². The van der Waals surface area contributed by atoms with E-state index in [0.29, 0.717) is 12.2 Å². The van der Waals surface area contributed by atoms with Gasteiger partial charge in [-0.05, 0) is 66.1 Å². The maximum atomic E-state index is 5.43. The van der Waals surface area contributed by atoms with Crippen LogP contribution in [0.15, 0.2) is 61.3 Å². The lowest BCUT2D eigenvalue weighted by atomic mass is 9.96. The van der Waals surface area contributed by atoms with E-state index >= 15 is 0 Å². The summed E-state index contributed by atoms with van der Waals surface area (Å²) in [6.07, 6.45) is 2.65. The molecule has 2 N–H and O–H groups in total. The highest BCUT2D eigenvalue weighted by Gasteiger charge is 2.16. The van der Waals surface area contributed by atoms with Gasteiger partial charge in [-0.15, -0.1) is 0 Å². The number of hydrogen-bond donors (Lipinski definition) is 2. The molecule has 1 aliphatic rings. The van der Waals surface area contributed by atoms with E-state index in [-0.39, 0.29) is 0 Å². The van der Waals surface area contributed by atoms with Gasteiger partial charge in [-0.3, -0.25) is 0 Å². The van der Waals surface area contributed by atoms with Gasteiger partial charge in [0.2, 0.25) is 6.79 Å². The van der Waals surface area contributed by atoms with E-state index < -0.39 is 0 Å². The van der Waals surface area contributed by atoms with Gasteiger partial charge in [0.05, 0.1) is 5.52 Å². The van der Waals surface area contributed by atoms with E-state index in [9.17, 15) is 0 Å². The van der Waals surface area contributed by atoms with E-state index in [2.05, 4.69) is 77.6 Å².